The Morgan fingerprint density at radius 1 is 0.870 bits per heavy atom. The van der Waals surface area contributed by atoms with Gasteiger partial charge in [-0.05, 0) is 23.6 Å². The minimum Gasteiger partial charge on any atom is -0.506 e. The topological polar surface area (TPSA) is 57.8 Å². The normalized spacial score (nSPS) is 10.8. The smallest absolute Gasteiger partial charge is 0.180 e. The third-order valence-corrected chi connectivity index (χ3v) is 2.78. The van der Waals surface area contributed by atoms with Crippen molar-refractivity contribution in [3.8, 4) is 5.75 Å². The molecule has 7 heteroatoms. The summed E-state index contributed by atoms with van der Waals surface area (Å²) < 4.78 is -0.750. The molecule has 0 saturated heterocycles. The third kappa shape index (κ3) is 5.36. The number of nitrogens with zero attached hydrogens (tertiary/aromatic N) is 3. The van der Waals surface area contributed by atoms with Gasteiger partial charge in [0.05, 0.1) is 0 Å². The SMILES string of the molecule is ClC(Cl)Cl.Oc1ccc2ccccc2c1N=Nc1ccccn1. The molecule has 3 aromatic rings. The van der Waals surface area contributed by atoms with E-state index in [-0.39, 0.29) is 5.75 Å². The third-order valence-electron chi connectivity index (χ3n) is 2.78. The van der Waals surface area contributed by atoms with Crippen molar-refractivity contribution in [1.82, 2.24) is 4.98 Å². The first-order valence-electron chi connectivity index (χ1n) is 6.53. The monoisotopic (exact) mass is 367 g/mol. The first-order chi connectivity index (χ1) is 11.1. The Hall–Kier alpha value is -1.88. The van der Waals surface area contributed by atoms with Crippen LogP contribution in [0.2, 0.25) is 0 Å². The number of hydrogen-bond donors (Lipinski definition) is 1. The van der Waals surface area contributed by atoms with E-state index in [2.05, 4.69) is 15.2 Å². The molecular weight excluding hydrogens is 357 g/mol. The molecule has 0 spiro atoms. The molecule has 0 fully saturated rings. The summed E-state index contributed by atoms with van der Waals surface area (Å²) in [7, 11) is 0. The summed E-state index contributed by atoms with van der Waals surface area (Å²) in [5.41, 5.74) is 0.462. The van der Waals surface area contributed by atoms with Crippen LogP contribution in [0.3, 0.4) is 0 Å². The van der Waals surface area contributed by atoms with Crippen LogP contribution >= 0.6 is 34.8 Å². The molecule has 2 aromatic carbocycles. The van der Waals surface area contributed by atoms with E-state index in [1.54, 1.807) is 18.3 Å². The van der Waals surface area contributed by atoms with Crippen LogP contribution in [0.1, 0.15) is 0 Å². The van der Waals surface area contributed by atoms with Gasteiger partial charge in [-0.1, -0.05) is 71.2 Å². The Kier molecular flexibility index (Phi) is 6.59. The second-order valence-corrected chi connectivity index (χ2v) is 6.27. The molecule has 0 radical (unpaired) electrons. The number of aromatic nitrogens is 1. The number of aromatic hydroxyl groups is 1. The highest BCUT2D eigenvalue weighted by Gasteiger charge is 2.05. The van der Waals surface area contributed by atoms with E-state index in [0.717, 1.165) is 10.8 Å². The lowest BCUT2D eigenvalue weighted by molar-refractivity contribution is 0.477. The minimum absolute atomic E-state index is 0.110. The molecule has 0 aliphatic heterocycles. The van der Waals surface area contributed by atoms with Gasteiger partial charge in [-0.25, -0.2) is 4.98 Å². The fourth-order valence-electron chi connectivity index (χ4n) is 1.86. The molecule has 118 valence electrons. The highest BCUT2D eigenvalue weighted by Crippen LogP contribution is 2.35. The van der Waals surface area contributed by atoms with Crippen LogP contribution in [-0.4, -0.2) is 14.4 Å². The molecule has 4 nitrogen and oxygen atoms in total. The van der Waals surface area contributed by atoms with Crippen molar-refractivity contribution in [2.45, 2.75) is 4.30 Å². The number of fused-ring (bicyclic) bond motifs is 1. The van der Waals surface area contributed by atoms with Crippen molar-refractivity contribution in [1.29, 1.82) is 0 Å². The number of benzene rings is 2. The van der Waals surface area contributed by atoms with Crippen LogP contribution in [0, 0.1) is 0 Å². The number of halogens is 3. The van der Waals surface area contributed by atoms with E-state index in [1.165, 1.54) is 0 Å². The second kappa shape index (κ2) is 8.67. The van der Waals surface area contributed by atoms with E-state index in [0.29, 0.717) is 11.5 Å². The molecule has 1 N–H and O–H groups in total. The van der Waals surface area contributed by atoms with Crippen molar-refractivity contribution in [2.75, 3.05) is 0 Å². The van der Waals surface area contributed by atoms with Gasteiger partial charge in [-0.2, -0.15) is 0 Å². The maximum Gasteiger partial charge on any atom is 0.180 e. The van der Waals surface area contributed by atoms with Gasteiger partial charge in [0.2, 0.25) is 0 Å². The van der Waals surface area contributed by atoms with Gasteiger partial charge in [0, 0.05) is 11.6 Å². The van der Waals surface area contributed by atoms with E-state index < -0.39 is 4.30 Å². The summed E-state index contributed by atoms with van der Waals surface area (Å²) in [5, 5.41) is 19.9. The summed E-state index contributed by atoms with van der Waals surface area (Å²) in [6.07, 6.45) is 1.65. The van der Waals surface area contributed by atoms with Crippen LogP contribution in [-0.2, 0) is 0 Å². The van der Waals surface area contributed by atoms with Crippen LogP contribution < -0.4 is 0 Å². The van der Waals surface area contributed by atoms with Gasteiger partial charge in [-0.3, -0.25) is 0 Å². The van der Waals surface area contributed by atoms with Gasteiger partial charge in [0.15, 0.2) is 10.1 Å². The Balaban J connectivity index is 0.000000433. The number of phenolic OH excluding ortho intramolecular Hbond substituents is 1. The predicted octanol–water partition coefficient (Wildman–Crippen LogP) is 6.34. The highest BCUT2D eigenvalue weighted by molar-refractivity contribution is 6.63. The summed E-state index contributed by atoms with van der Waals surface area (Å²) in [5.74, 6) is 0.619. The van der Waals surface area contributed by atoms with E-state index in [1.807, 2.05) is 42.5 Å². The van der Waals surface area contributed by atoms with Crippen LogP contribution in [0.5, 0.6) is 5.75 Å². The number of pyridine rings is 1. The Bertz CT molecular complexity index is 792. The molecule has 3 rings (SSSR count). The van der Waals surface area contributed by atoms with Crippen molar-refractivity contribution in [2.24, 2.45) is 10.2 Å². The Morgan fingerprint density at radius 3 is 2.26 bits per heavy atom. The number of phenols is 1. The van der Waals surface area contributed by atoms with Gasteiger partial charge in [-0.15, -0.1) is 10.2 Å². The summed E-state index contributed by atoms with van der Waals surface area (Å²) in [6, 6.07) is 16.6. The zero-order valence-corrected chi connectivity index (χ0v) is 14.0. The van der Waals surface area contributed by atoms with Gasteiger partial charge >= 0.3 is 0 Å². The number of hydrogen-bond acceptors (Lipinski definition) is 4. The molecular formula is C16H12Cl3N3O. The molecule has 0 saturated carbocycles. The Morgan fingerprint density at radius 2 is 1.57 bits per heavy atom. The van der Waals surface area contributed by atoms with Crippen molar-refractivity contribution >= 4 is 57.1 Å². The number of azo groups is 1. The summed E-state index contributed by atoms with van der Waals surface area (Å²) >= 11 is 14.4. The number of alkyl halides is 3. The molecule has 0 atom stereocenters. The standard InChI is InChI=1S/C15H11N3O.CHCl3/c19-13-9-8-11-5-1-2-6-12(11)15(13)18-17-14-7-3-4-10-16-14;2-1(3)4/h1-10,19H;1H. The average molecular weight is 369 g/mol. The fraction of sp³-hybridized carbons (Fsp3) is 0.0625. The summed E-state index contributed by atoms with van der Waals surface area (Å²) in [6.45, 7) is 0. The van der Waals surface area contributed by atoms with Crippen molar-refractivity contribution in [3.63, 3.8) is 0 Å². The van der Waals surface area contributed by atoms with E-state index in [9.17, 15) is 5.11 Å². The van der Waals surface area contributed by atoms with Gasteiger partial charge in [0.25, 0.3) is 0 Å². The molecule has 1 heterocycles. The van der Waals surface area contributed by atoms with Gasteiger partial charge < -0.3 is 5.11 Å². The molecule has 0 aliphatic rings. The quantitative estimate of drug-likeness (QED) is 0.423. The van der Waals surface area contributed by atoms with Crippen LogP contribution in [0.15, 0.2) is 71.0 Å². The lowest BCUT2D eigenvalue weighted by atomic mass is 10.1. The molecule has 0 bridgehead atoms. The minimum atomic E-state index is -0.750. The van der Waals surface area contributed by atoms with E-state index in [4.69, 9.17) is 34.8 Å². The van der Waals surface area contributed by atoms with Gasteiger partial charge in [0.1, 0.15) is 11.4 Å². The molecule has 0 unspecified atom stereocenters. The lowest BCUT2D eigenvalue weighted by Crippen LogP contribution is -1.75. The predicted molar refractivity (Wildman–Crippen MR) is 95.4 cm³/mol. The maximum atomic E-state index is 9.91. The van der Waals surface area contributed by atoms with E-state index >= 15 is 0 Å². The second-order valence-electron chi connectivity index (χ2n) is 4.29. The van der Waals surface area contributed by atoms with Crippen molar-refractivity contribution in [3.05, 3.63) is 60.8 Å². The lowest BCUT2D eigenvalue weighted by Gasteiger charge is -2.03. The van der Waals surface area contributed by atoms with Crippen LogP contribution in [0.25, 0.3) is 10.8 Å². The largest absolute Gasteiger partial charge is 0.506 e. The number of rotatable bonds is 2. The van der Waals surface area contributed by atoms with Crippen LogP contribution in [0.4, 0.5) is 11.5 Å². The highest BCUT2D eigenvalue weighted by atomic mass is 35.6. The molecule has 23 heavy (non-hydrogen) atoms. The molecule has 1 aromatic heterocycles. The van der Waals surface area contributed by atoms with Crippen molar-refractivity contribution < 1.29 is 5.11 Å². The molecule has 0 amide bonds. The first kappa shape index (κ1) is 17.5. The summed E-state index contributed by atoms with van der Waals surface area (Å²) in [4.78, 5) is 4.06. The Labute approximate surface area is 148 Å². The zero-order valence-electron chi connectivity index (χ0n) is 11.8. The first-order valence-corrected chi connectivity index (χ1v) is 7.84. The maximum absolute atomic E-state index is 9.91. The molecule has 0 aliphatic carbocycles. The average Bonchev–Trinajstić information content (AvgIpc) is 2.54. The zero-order chi connectivity index (χ0) is 16.7. The fourth-order valence-corrected chi connectivity index (χ4v) is 1.86.